The molecule has 0 aliphatic heterocycles. The maximum absolute atomic E-state index is 14.3. The van der Waals surface area contributed by atoms with E-state index < -0.39 is 17.8 Å². The molecule has 1 atom stereocenters. The molecule has 2 N–H and O–H groups in total. The lowest BCUT2D eigenvalue weighted by Gasteiger charge is -2.20. The predicted molar refractivity (Wildman–Crippen MR) is 150 cm³/mol. The van der Waals surface area contributed by atoms with Gasteiger partial charge in [0.1, 0.15) is 29.2 Å². The minimum atomic E-state index is -1.12. The van der Waals surface area contributed by atoms with Gasteiger partial charge in [-0.3, -0.25) is 0 Å². The molecule has 0 saturated heterocycles. The highest BCUT2D eigenvalue weighted by Gasteiger charge is 2.25. The first-order chi connectivity index (χ1) is 19.4. The molecule has 8 nitrogen and oxygen atoms in total. The molecule has 0 unspecified atom stereocenters. The third-order valence-corrected chi connectivity index (χ3v) is 6.66. The van der Waals surface area contributed by atoms with E-state index in [2.05, 4.69) is 16.4 Å². The summed E-state index contributed by atoms with van der Waals surface area (Å²) in [4.78, 5) is 21.0. The number of imidazole rings is 1. The molecule has 0 bridgehead atoms. The lowest BCUT2D eigenvalue weighted by molar-refractivity contribution is -0.137. The number of nitrogens with one attached hydrogen (secondary N) is 1. The Bertz CT molecular complexity index is 1740. The lowest BCUT2D eigenvalue weighted by Crippen LogP contribution is -2.32. The normalized spacial score (nSPS) is 11.7. The number of halogens is 1. The highest BCUT2D eigenvalue weighted by atomic mass is 19.1. The first-order valence-electron chi connectivity index (χ1n) is 12.7. The van der Waals surface area contributed by atoms with Gasteiger partial charge < -0.3 is 19.7 Å². The number of rotatable bonds is 9. The molecule has 0 aliphatic carbocycles. The molecule has 0 amide bonds. The Balaban J connectivity index is 1.61. The average Bonchev–Trinajstić information content (AvgIpc) is 3.37. The van der Waals surface area contributed by atoms with Crippen LogP contribution in [0.1, 0.15) is 18.2 Å². The summed E-state index contributed by atoms with van der Waals surface area (Å²) in [6.07, 6.45) is 3.27. The summed E-state index contributed by atoms with van der Waals surface area (Å²) >= 11 is 0. The molecule has 5 rings (SSSR count). The van der Waals surface area contributed by atoms with Gasteiger partial charge in [0.2, 0.25) is 0 Å². The van der Waals surface area contributed by atoms with E-state index in [1.54, 1.807) is 24.1 Å². The van der Waals surface area contributed by atoms with Gasteiger partial charge in [0.05, 0.1) is 29.8 Å². The van der Waals surface area contributed by atoms with Crippen molar-refractivity contribution < 1.29 is 19.0 Å². The third kappa shape index (κ3) is 5.20. The van der Waals surface area contributed by atoms with Gasteiger partial charge >= 0.3 is 5.97 Å². The number of carboxylic acids is 1. The number of fused-ring (bicyclic) bond motifs is 1. The molecule has 0 radical (unpaired) electrons. The number of hydrogen-bond acceptors (Lipinski definition) is 6. The number of hydrogen-bond donors (Lipinski definition) is 2. The Hall–Kier alpha value is -5.23. The highest BCUT2D eigenvalue weighted by Crippen LogP contribution is 2.36. The highest BCUT2D eigenvalue weighted by molar-refractivity contribution is 5.99. The first-order valence-corrected chi connectivity index (χ1v) is 12.7. The Kier molecular flexibility index (Phi) is 7.42. The van der Waals surface area contributed by atoms with Crippen LogP contribution in [0.5, 0.6) is 5.75 Å². The van der Waals surface area contributed by atoms with Crippen LogP contribution in [0.2, 0.25) is 0 Å². The number of carbonyl (C=O) groups is 1. The molecule has 2 aromatic heterocycles. The van der Waals surface area contributed by atoms with Crippen molar-refractivity contribution in [2.45, 2.75) is 19.4 Å². The van der Waals surface area contributed by atoms with Crippen molar-refractivity contribution in [3.8, 4) is 34.2 Å². The van der Waals surface area contributed by atoms with E-state index in [0.717, 1.165) is 16.9 Å². The van der Waals surface area contributed by atoms with Gasteiger partial charge in [-0.25, -0.2) is 19.2 Å². The Labute approximate surface area is 230 Å². The number of aliphatic carboxylic acids is 1. The topological polar surface area (TPSA) is 113 Å². The summed E-state index contributed by atoms with van der Waals surface area (Å²) in [7, 11) is 1.77. The minimum Gasteiger partial charge on any atom is -0.493 e. The molecule has 0 fully saturated rings. The van der Waals surface area contributed by atoms with E-state index >= 15 is 0 Å². The number of pyridine rings is 1. The van der Waals surface area contributed by atoms with Crippen molar-refractivity contribution >= 4 is 22.6 Å². The maximum Gasteiger partial charge on any atom is 0.326 e. The van der Waals surface area contributed by atoms with E-state index in [1.807, 2.05) is 55.5 Å². The van der Waals surface area contributed by atoms with Gasteiger partial charge in [0.25, 0.3) is 0 Å². The largest absolute Gasteiger partial charge is 0.493 e. The molecule has 3 aromatic carbocycles. The van der Waals surface area contributed by atoms with Crippen LogP contribution in [0, 0.1) is 17.1 Å². The zero-order valence-corrected chi connectivity index (χ0v) is 21.9. The van der Waals surface area contributed by atoms with E-state index in [0.29, 0.717) is 34.5 Å². The molecule has 2 heterocycles. The van der Waals surface area contributed by atoms with Crippen LogP contribution < -0.4 is 10.1 Å². The molecule has 0 aliphatic rings. The quantitative estimate of drug-likeness (QED) is 0.245. The molecule has 5 aromatic rings. The van der Waals surface area contributed by atoms with Crippen LogP contribution in [-0.4, -0.2) is 38.3 Å². The van der Waals surface area contributed by atoms with Crippen molar-refractivity contribution in [1.29, 1.82) is 5.26 Å². The van der Waals surface area contributed by atoms with E-state index in [-0.39, 0.29) is 17.7 Å². The number of anilines is 1. The van der Waals surface area contributed by atoms with Crippen LogP contribution in [-0.2, 0) is 18.3 Å². The fourth-order valence-electron chi connectivity index (χ4n) is 4.66. The molecular weight excluding hydrogens is 509 g/mol. The number of aryl methyl sites for hydroxylation is 1. The van der Waals surface area contributed by atoms with Crippen molar-refractivity contribution in [3.05, 3.63) is 96.3 Å². The van der Waals surface area contributed by atoms with Gasteiger partial charge in [-0.15, -0.1) is 0 Å². The molecule has 40 heavy (non-hydrogen) atoms. The Morgan fingerprint density at radius 1 is 1.15 bits per heavy atom. The Morgan fingerprint density at radius 2 is 1.90 bits per heavy atom. The number of para-hydroxylation sites is 1. The van der Waals surface area contributed by atoms with Crippen molar-refractivity contribution in [3.63, 3.8) is 0 Å². The summed E-state index contributed by atoms with van der Waals surface area (Å²) in [6.45, 7) is 2.47. The minimum absolute atomic E-state index is 0.0963. The summed E-state index contributed by atoms with van der Waals surface area (Å²) in [6, 6.07) is 20.4. The molecular formula is C31H26FN5O3. The standard InChI is InChI=1S/C31H26FN5O3/c1-3-40-28-7-5-4-6-23(28)19-8-10-20(11-9-19)29-25(16-33)30(24-14-21(32)12-13-26(24)35-29)36-27(31(38)39)15-22-17-34-18-37(22)2/h4-14,17-18,27H,3,15H2,1-2H3,(H,35,36)(H,38,39)/t27-/m0/s1. The smallest absolute Gasteiger partial charge is 0.326 e. The summed E-state index contributed by atoms with van der Waals surface area (Å²) in [5.74, 6) is -0.879. The third-order valence-electron chi connectivity index (χ3n) is 6.66. The summed E-state index contributed by atoms with van der Waals surface area (Å²) in [5.41, 5.74) is 4.31. The fraction of sp³-hybridized carbons (Fsp3) is 0.161. The zero-order valence-electron chi connectivity index (χ0n) is 21.9. The van der Waals surface area contributed by atoms with Gasteiger partial charge in [-0.05, 0) is 36.8 Å². The second-order valence-electron chi connectivity index (χ2n) is 9.23. The first kappa shape index (κ1) is 26.4. The summed E-state index contributed by atoms with van der Waals surface area (Å²) in [5, 5.41) is 23.6. The van der Waals surface area contributed by atoms with Crippen LogP contribution >= 0.6 is 0 Å². The number of aromatic nitrogens is 3. The molecule has 0 spiro atoms. The van der Waals surface area contributed by atoms with Gasteiger partial charge in [0, 0.05) is 41.9 Å². The van der Waals surface area contributed by atoms with E-state index in [9.17, 15) is 19.6 Å². The van der Waals surface area contributed by atoms with E-state index in [1.165, 1.54) is 18.2 Å². The maximum atomic E-state index is 14.3. The number of ether oxygens (including phenoxy) is 1. The number of nitrogens with zero attached hydrogens (tertiary/aromatic N) is 4. The van der Waals surface area contributed by atoms with Gasteiger partial charge in [-0.1, -0.05) is 42.5 Å². The van der Waals surface area contributed by atoms with Crippen molar-refractivity contribution in [1.82, 2.24) is 14.5 Å². The van der Waals surface area contributed by atoms with Gasteiger partial charge in [-0.2, -0.15) is 5.26 Å². The van der Waals surface area contributed by atoms with Crippen molar-refractivity contribution in [2.24, 2.45) is 7.05 Å². The SMILES string of the molecule is CCOc1ccccc1-c1ccc(-c2nc3ccc(F)cc3c(N[C@@H](Cc3cncn3C)C(=O)O)c2C#N)cc1. The van der Waals surface area contributed by atoms with Crippen molar-refractivity contribution in [2.75, 3.05) is 11.9 Å². The number of benzene rings is 3. The van der Waals surface area contributed by atoms with Crippen LogP contribution in [0.4, 0.5) is 10.1 Å². The molecule has 9 heteroatoms. The molecule has 0 saturated carbocycles. The monoisotopic (exact) mass is 535 g/mol. The lowest BCUT2D eigenvalue weighted by atomic mass is 9.97. The average molecular weight is 536 g/mol. The van der Waals surface area contributed by atoms with Gasteiger partial charge in [0.15, 0.2) is 0 Å². The second kappa shape index (κ2) is 11.3. The molecule has 200 valence electrons. The van der Waals surface area contributed by atoms with E-state index in [4.69, 9.17) is 9.72 Å². The number of carboxylic acid groups (broad SMARTS) is 1. The number of nitriles is 1. The second-order valence-corrected chi connectivity index (χ2v) is 9.23. The Morgan fingerprint density at radius 3 is 2.58 bits per heavy atom. The fourth-order valence-corrected chi connectivity index (χ4v) is 4.66. The van der Waals surface area contributed by atoms with Crippen LogP contribution in [0.15, 0.2) is 79.3 Å². The van der Waals surface area contributed by atoms with Crippen LogP contribution in [0.25, 0.3) is 33.3 Å². The predicted octanol–water partition coefficient (Wildman–Crippen LogP) is 5.82. The zero-order chi connectivity index (χ0) is 28.2. The van der Waals surface area contributed by atoms with Crippen LogP contribution in [0.3, 0.4) is 0 Å². The summed E-state index contributed by atoms with van der Waals surface area (Å²) < 4.78 is 21.8.